The molecule has 0 saturated heterocycles. The number of primary amides is 1. The molecule has 0 spiro atoms. The Bertz CT molecular complexity index is 486. The first kappa shape index (κ1) is 14.0. The van der Waals surface area contributed by atoms with Crippen LogP contribution in [-0.4, -0.2) is 35.1 Å². The van der Waals surface area contributed by atoms with Gasteiger partial charge in [0, 0.05) is 12.2 Å². The first-order valence-electron chi connectivity index (χ1n) is 5.61. The maximum absolute atomic E-state index is 11.5. The van der Waals surface area contributed by atoms with E-state index in [-0.39, 0.29) is 12.1 Å². The molecule has 6 nitrogen and oxygen atoms in total. The number of aromatic nitrogens is 1. The largest absolute Gasteiger partial charge is 0.480 e. The molecule has 0 unspecified atom stereocenters. The van der Waals surface area contributed by atoms with Crippen molar-refractivity contribution in [1.29, 1.82) is 0 Å². The summed E-state index contributed by atoms with van der Waals surface area (Å²) in [5.74, 6) is -1.56. The number of nitrogens with zero attached hydrogens (tertiary/aromatic N) is 2. The number of amides is 1. The molecular weight excluding hydrogens is 234 g/mol. The molecule has 1 aromatic heterocycles. The summed E-state index contributed by atoms with van der Waals surface area (Å²) >= 11 is 0. The van der Waals surface area contributed by atoms with Gasteiger partial charge in [-0.2, -0.15) is 0 Å². The Balaban J connectivity index is 3.35. The lowest BCUT2D eigenvalue weighted by molar-refractivity contribution is -0.135. The van der Waals surface area contributed by atoms with Crippen LogP contribution in [0.5, 0.6) is 0 Å². The van der Waals surface area contributed by atoms with E-state index < -0.39 is 11.9 Å². The number of likely N-dealkylation sites (N-methyl/N-ethyl adjacent to an activating group) is 1. The molecule has 0 fully saturated rings. The molecule has 0 aliphatic carbocycles. The predicted molar refractivity (Wildman–Crippen MR) is 67.8 cm³/mol. The Kier molecular flexibility index (Phi) is 4.25. The number of carboxylic acid groups (broad SMARTS) is 1. The molecule has 0 saturated carbocycles. The Morgan fingerprint density at radius 3 is 2.50 bits per heavy atom. The monoisotopic (exact) mass is 251 g/mol. The highest BCUT2D eigenvalue weighted by atomic mass is 16.4. The summed E-state index contributed by atoms with van der Waals surface area (Å²) in [4.78, 5) is 28.1. The molecule has 3 N–H and O–H groups in total. The van der Waals surface area contributed by atoms with E-state index in [4.69, 9.17) is 10.8 Å². The minimum atomic E-state index is -0.959. The van der Waals surface area contributed by atoms with Crippen LogP contribution in [0.15, 0.2) is 6.07 Å². The van der Waals surface area contributed by atoms with Crippen molar-refractivity contribution < 1.29 is 14.7 Å². The number of pyridine rings is 1. The van der Waals surface area contributed by atoms with Crippen molar-refractivity contribution in [2.75, 3.05) is 18.0 Å². The van der Waals surface area contributed by atoms with E-state index in [0.29, 0.717) is 17.9 Å². The molecule has 0 atom stereocenters. The SMILES string of the molecule is CCN(CC(=O)O)c1cc(C)nc(C)c1C(N)=O. The molecule has 1 heterocycles. The van der Waals surface area contributed by atoms with E-state index in [1.165, 1.54) is 0 Å². The van der Waals surface area contributed by atoms with Gasteiger partial charge in [0.1, 0.15) is 6.54 Å². The second-order valence-electron chi connectivity index (χ2n) is 4.02. The molecular formula is C12H17N3O3. The smallest absolute Gasteiger partial charge is 0.323 e. The summed E-state index contributed by atoms with van der Waals surface area (Å²) in [5.41, 5.74) is 7.38. The van der Waals surface area contributed by atoms with Crippen LogP contribution in [0.4, 0.5) is 5.69 Å². The maximum atomic E-state index is 11.5. The molecule has 1 rings (SSSR count). The third-order valence-electron chi connectivity index (χ3n) is 2.60. The maximum Gasteiger partial charge on any atom is 0.323 e. The van der Waals surface area contributed by atoms with Crippen LogP contribution < -0.4 is 10.6 Å². The molecule has 1 aromatic rings. The standard InChI is InChI=1S/C12H17N3O3/c1-4-15(6-10(16)17)9-5-7(2)14-8(3)11(9)12(13)18/h5H,4,6H2,1-3H3,(H2,13,18)(H,16,17). The zero-order chi connectivity index (χ0) is 13.9. The molecule has 0 aliphatic heterocycles. The predicted octanol–water partition coefficient (Wildman–Crippen LogP) is 0.708. The van der Waals surface area contributed by atoms with Gasteiger partial charge in [-0.15, -0.1) is 0 Å². The van der Waals surface area contributed by atoms with Crippen LogP contribution in [0.1, 0.15) is 28.7 Å². The lowest BCUT2D eigenvalue weighted by Gasteiger charge is -2.24. The minimum Gasteiger partial charge on any atom is -0.480 e. The number of hydrogen-bond acceptors (Lipinski definition) is 4. The van der Waals surface area contributed by atoms with Gasteiger partial charge in [0.2, 0.25) is 0 Å². The number of carbonyl (C=O) groups is 2. The number of hydrogen-bond donors (Lipinski definition) is 2. The highest BCUT2D eigenvalue weighted by molar-refractivity contribution is 6.00. The van der Waals surface area contributed by atoms with E-state index in [0.717, 1.165) is 5.69 Å². The second kappa shape index (κ2) is 5.48. The van der Waals surface area contributed by atoms with Gasteiger partial charge in [0.15, 0.2) is 0 Å². The number of nitrogens with two attached hydrogens (primary N) is 1. The molecule has 0 bridgehead atoms. The van der Waals surface area contributed by atoms with Crippen molar-refractivity contribution in [2.24, 2.45) is 5.73 Å². The van der Waals surface area contributed by atoms with Gasteiger partial charge in [0.25, 0.3) is 5.91 Å². The summed E-state index contributed by atoms with van der Waals surface area (Å²) in [5, 5.41) is 8.87. The summed E-state index contributed by atoms with van der Waals surface area (Å²) in [6.07, 6.45) is 0. The first-order valence-corrected chi connectivity index (χ1v) is 5.61. The van der Waals surface area contributed by atoms with Crippen LogP contribution in [0.3, 0.4) is 0 Å². The zero-order valence-electron chi connectivity index (χ0n) is 10.7. The fourth-order valence-electron chi connectivity index (χ4n) is 1.89. The number of carboxylic acids is 1. The minimum absolute atomic E-state index is 0.181. The van der Waals surface area contributed by atoms with Gasteiger partial charge in [-0.3, -0.25) is 14.6 Å². The average molecular weight is 251 g/mol. The van der Waals surface area contributed by atoms with Crippen LogP contribution in [0.2, 0.25) is 0 Å². The lowest BCUT2D eigenvalue weighted by atomic mass is 10.1. The lowest BCUT2D eigenvalue weighted by Crippen LogP contribution is -2.32. The molecule has 1 amide bonds. The molecule has 18 heavy (non-hydrogen) atoms. The third-order valence-corrected chi connectivity index (χ3v) is 2.60. The van der Waals surface area contributed by atoms with Crippen LogP contribution >= 0.6 is 0 Å². The van der Waals surface area contributed by atoms with E-state index in [1.54, 1.807) is 24.8 Å². The summed E-state index contributed by atoms with van der Waals surface area (Å²) in [6, 6.07) is 1.68. The zero-order valence-corrected chi connectivity index (χ0v) is 10.7. The van der Waals surface area contributed by atoms with Crippen molar-refractivity contribution >= 4 is 17.6 Å². The van der Waals surface area contributed by atoms with Crippen LogP contribution in [0, 0.1) is 13.8 Å². The van der Waals surface area contributed by atoms with Crippen LogP contribution in [0.25, 0.3) is 0 Å². The fourth-order valence-corrected chi connectivity index (χ4v) is 1.89. The molecule has 0 aliphatic rings. The molecule has 98 valence electrons. The third kappa shape index (κ3) is 2.97. The highest BCUT2D eigenvalue weighted by Gasteiger charge is 2.19. The van der Waals surface area contributed by atoms with E-state index in [1.807, 2.05) is 6.92 Å². The Hall–Kier alpha value is -2.11. The highest BCUT2D eigenvalue weighted by Crippen LogP contribution is 2.23. The van der Waals surface area contributed by atoms with E-state index >= 15 is 0 Å². The van der Waals surface area contributed by atoms with E-state index in [2.05, 4.69) is 4.98 Å². The van der Waals surface area contributed by atoms with Crippen molar-refractivity contribution in [3.63, 3.8) is 0 Å². The normalized spacial score (nSPS) is 10.2. The Morgan fingerprint density at radius 1 is 1.44 bits per heavy atom. The van der Waals surface area contributed by atoms with E-state index in [9.17, 15) is 9.59 Å². The van der Waals surface area contributed by atoms with Crippen LogP contribution in [-0.2, 0) is 4.79 Å². The number of anilines is 1. The molecule has 6 heteroatoms. The quantitative estimate of drug-likeness (QED) is 0.803. The van der Waals surface area contributed by atoms with Crippen molar-refractivity contribution in [3.8, 4) is 0 Å². The van der Waals surface area contributed by atoms with Gasteiger partial charge in [-0.05, 0) is 26.8 Å². The topological polar surface area (TPSA) is 96.5 Å². The van der Waals surface area contributed by atoms with Crippen molar-refractivity contribution in [2.45, 2.75) is 20.8 Å². The summed E-state index contributed by atoms with van der Waals surface area (Å²) < 4.78 is 0. The van der Waals surface area contributed by atoms with Crippen molar-refractivity contribution in [1.82, 2.24) is 4.98 Å². The average Bonchev–Trinajstić information content (AvgIpc) is 2.23. The molecule has 0 radical (unpaired) electrons. The van der Waals surface area contributed by atoms with Gasteiger partial charge in [0.05, 0.1) is 16.9 Å². The van der Waals surface area contributed by atoms with Gasteiger partial charge in [-0.1, -0.05) is 0 Å². The summed E-state index contributed by atoms with van der Waals surface area (Å²) in [6.45, 7) is 5.58. The number of aryl methyl sites for hydroxylation is 2. The van der Waals surface area contributed by atoms with Crippen molar-refractivity contribution in [3.05, 3.63) is 23.0 Å². The number of aliphatic carboxylic acids is 1. The first-order chi connectivity index (χ1) is 8.36. The Labute approximate surface area is 105 Å². The van der Waals surface area contributed by atoms with Gasteiger partial charge < -0.3 is 15.7 Å². The fraction of sp³-hybridized carbons (Fsp3) is 0.417. The number of carbonyl (C=O) groups excluding carboxylic acids is 1. The summed E-state index contributed by atoms with van der Waals surface area (Å²) in [7, 11) is 0. The molecule has 0 aromatic carbocycles. The second-order valence-corrected chi connectivity index (χ2v) is 4.02. The number of rotatable bonds is 5. The van der Waals surface area contributed by atoms with Gasteiger partial charge >= 0.3 is 5.97 Å². The van der Waals surface area contributed by atoms with Gasteiger partial charge in [-0.25, -0.2) is 0 Å². The Morgan fingerprint density at radius 2 is 2.06 bits per heavy atom.